The monoisotopic (exact) mass is 515 g/mol. The average molecular weight is 516 g/mol. The van der Waals surface area contributed by atoms with Crippen LogP contribution in [0.5, 0.6) is 0 Å². The smallest absolute Gasteiger partial charge is 0.242 e. The van der Waals surface area contributed by atoms with Gasteiger partial charge in [0.15, 0.2) is 0 Å². The van der Waals surface area contributed by atoms with E-state index in [1.165, 1.54) is 10.6 Å². The molecule has 0 fully saturated rings. The second kappa shape index (κ2) is 13.4. The van der Waals surface area contributed by atoms with Crippen molar-refractivity contribution in [3.63, 3.8) is 0 Å². The summed E-state index contributed by atoms with van der Waals surface area (Å²) in [4.78, 5) is 28.0. The van der Waals surface area contributed by atoms with Crippen LogP contribution in [0.2, 0.25) is 0 Å². The number of carbonyl (C=O) groups excluding carboxylic acids is 2. The lowest BCUT2D eigenvalue weighted by molar-refractivity contribution is -0.141. The number of aryl methyl sites for hydroxylation is 3. The van der Waals surface area contributed by atoms with Crippen molar-refractivity contribution in [2.75, 3.05) is 23.7 Å². The molecule has 2 aromatic rings. The average Bonchev–Trinajstić information content (AvgIpc) is 2.82. The van der Waals surface area contributed by atoms with E-state index < -0.39 is 16.1 Å². The molecule has 0 radical (unpaired) electrons. The van der Waals surface area contributed by atoms with Gasteiger partial charge in [0, 0.05) is 26.1 Å². The minimum absolute atomic E-state index is 0.139. The number of rotatable bonds is 13. The van der Waals surface area contributed by atoms with Crippen LogP contribution in [0.15, 0.2) is 42.5 Å². The minimum atomic E-state index is -3.52. The topological polar surface area (TPSA) is 86.8 Å². The minimum Gasteiger partial charge on any atom is -0.354 e. The summed E-state index contributed by atoms with van der Waals surface area (Å²) in [5, 5.41) is 2.92. The lowest BCUT2D eigenvalue weighted by atomic mass is 10.1. The summed E-state index contributed by atoms with van der Waals surface area (Å²) in [7, 11) is -3.52. The van der Waals surface area contributed by atoms with E-state index in [9.17, 15) is 18.0 Å². The van der Waals surface area contributed by atoms with Gasteiger partial charge in [0.25, 0.3) is 0 Å². The fraction of sp³-hybridized carbons (Fsp3) is 0.500. The van der Waals surface area contributed by atoms with E-state index in [2.05, 4.69) is 5.32 Å². The van der Waals surface area contributed by atoms with Gasteiger partial charge in [-0.25, -0.2) is 8.42 Å². The van der Waals surface area contributed by atoms with Gasteiger partial charge in [0.05, 0.1) is 11.9 Å². The molecule has 2 aromatic carbocycles. The third kappa shape index (κ3) is 8.36. The fourth-order valence-electron chi connectivity index (χ4n) is 4.06. The number of nitrogens with one attached hydrogen (secondary N) is 1. The highest BCUT2D eigenvalue weighted by atomic mass is 32.2. The van der Waals surface area contributed by atoms with Crippen LogP contribution >= 0.6 is 0 Å². The number of nitrogens with zero attached hydrogens (tertiary/aromatic N) is 2. The van der Waals surface area contributed by atoms with E-state index in [4.69, 9.17) is 0 Å². The lowest BCUT2D eigenvalue weighted by Crippen LogP contribution is -2.49. The summed E-state index contributed by atoms with van der Waals surface area (Å²) in [6, 6.07) is 12.9. The molecule has 0 saturated heterocycles. The van der Waals surface area contributed by atoms with E-state index in [1.54, 1.807) is 11.0 Å². The van der Waals surface area contributed by atoms with Crippen molar-refractivity contribution in [2.24, 2.45) is 0 Å². The Kier molecular flexibility index (Phi) is 11.0. The summed E-state index contributed by atoms with van der Waals surface area (Å²) in [5.74, 6) is -0.324. The first-order valence-corrected chi connectivity index (χ1v) is 14.5. The lowest BCUT2D eigenvalue weighted by Gasteiger charge is -2.31. The van der Waals surface area contributed by atoms with Crippen LogP contribution < -0.4 is 9.62 Å². The summed E-state index contributed by atoms with van der Waals surface area (Å²) >= 11 is 0. The number of carbonyl (C=O) groups is 2. The third-order valence-electron chi connectivity index (χ3n) is 6.34. The van der Waals surface area contributed by atoms with Gasteiger partial charge in [-0.3, -0.25) is 13.9 Å². The number of anilines is 1. The number of hydrogen-bond acceptors (Lipinski definition) is 4. The van der Waals surface area contributed by atoms with Gasteiger partial charge < -0.3 is 10.2 Å². The van der Waals surface area contributed by atoms with Crippen LogP contribution in [0.1, 0.15) is 61.8 Å². The molecule has 2 amide bonds. The quantitative estimate of drug-likeness (QED) is 0.426. The van der Waals surface area contributed by atoms with E-state index >= 15 is 0 Å². The van der Waals surface area contributed by atoms with Crippen LogP contribution in [-0.2, 0) is 26.2 Å². The first-order chi connectivity index (χ1) is 17.0. The molecular weight excluding hydrogens is 474 g/mol. The van der Waals surface area contributed by atoms with Crippen LogP contribution in [-0.4, -0.2) is 50.5 Å². The molecule has 2 rings (SSSR count). The van der Waals surface area contributed by atoms with Crippen LogP contribution in [0.4, 0.5) is 5.69 Å². The molecule has 0 bridgehead atoms. The summed E-state index contributed by atoms with van der Waals surface area (Å²) < 4.78 is 26.4. The van der Waals surface area contributed by atoms with Gasteiger partial charge in [-0.15, -0.1) is 0 Å². The SMILES string of the molecule is CCCNC(=O)[C@H](CC)N(Cc1ccc(C)cc1)C(=O)CCCN(c1ccc(C)c(C)c1)S(C)(=O)=O. The van der Waals surface area contributed by atoms with Crippen LogP contribution in [0, 0.1) is 20.8 Å². The first-order valence-electron chi connectivity index (χ1n) is 12.7. The maximum atomic E-state index is 13.4. The molecular formula is C28H41N3O4S. The molecule has 0 aliphatic heterocycles. The second-order valence-corrected chi connectivity index (χ2v) is 11.3. The molecule has 0 spiro atoms. The molecule has 0 heterocycles. The second-order valence-electron chi connectivity index (χ2n) is 9.43. The first kappa shape index (κ1) is 29.4. The van der Waals surface area contributed by atoms with Crippen LogP contribution in [0.25, 0.3) is 0 Å². The maximum Gasteiger partial charge on any atom is 0.242 e. The molecule has 8 heteroatoms. The number of sulfonamides is 1. The highest BCUT2D eigenvalue weighted by Crippen LogP contribution is 2.22. The van der Waals surface area contributed by atoms with E-state index in [-0.39, 0.29) is 24.8 Å². The molecule has 0 aliphatic carbocycles. The third-order valence-corrected chi connectivity index (χ3v) is 7.53. The molecule has 7 nitrogen and oxygen atoms in total. The van der Waals surface area contributed by atoms with Crippen molar-refractivity contribution in [3.8, 4) is 0 Å². The predicted molar refractivity (Wildman–Crippen MR) is 146 cm³/mol. The largest absolute Gasteiger partial charge is 0.354 e. The molecule has 0 aromatic heterocycles. The van der Waals surface area contributed by atoms with Gasteiger partial charge in [-0.05, 0) is 68.9 Å². The zero-order valence-corrected chi connectivity index (χ0v) is 23.3. The molecule has 1 N–H and O–H groups in total. The Balaban J connectivity index is 2.21. The van der Waals surface area contributed by atoms with Gasteiger partial charge >= 0.3 is 0 Å². The maximum absolute atomic E-state index is 13.4. The van der Waals surface area contributed by atoms with E-state index in [0.717, 1.165) is 28.7 Å². The molecule has 0 unspecified atom stereocenters. The van der Waals surface area contributed by atoms with Crippen molar-refractivity contribution in [3.05, 3.63) is 64.7 Å². The summed E-state index contributed by atoms with van der Waals surface area (Å²) in [6.45, 7) is 10.9. The Labute approximate surface area is 216 Å². The van der Waals surface area contributed by atoms with Crippen molar-refractivity contribution >= 4 is 27.5 Å². The van der Waals surface area contributed by atoms with Gasteiger partial charge in [0.1, 0.15) is 6.04 Å². The van der Waals surface area contributed by atoms with Crippen molar-refractivity contribution in [2.45, 2.75) is 72.9 Å². The number of benzene rings is 2. The number of hydrogen-bond donors (Lipinski definition) is 1. The molecule has 198 valence electrons. The number of amides is 2. The Morgan fingerprint density at radius 1 is 0.972 bits per heavy atom. The van der Waals surface area contributed by atoms with Crippen molar-refractivity contribution < 1.29 is 18.0 Å². The molecule has 0 saturated carbocycles. The predicted octanol–water partition coefficient (Wildman–Crippen LogP) is 4.49. The highest BCUT2D eigenvalue weighted by Gasteiger charge is 2.28. The van der Waals surface area contributed by atoms with Crippen molar-refractivity contribution in [1.82, 2.24) is 10.2 Å². The Morgan fingerprint density at radius 3 is 2.19 bits per heavy atom. The Bertz CT molecular complexity index is 1130. The van der Waals surface area contributed by atoms with Gasteiger partial charge in [-0.2, -0.15) is 0 Å². The highest BCUT2D eigenvalue weighted by molar-refractivity contribution is 7.92. The van der Waals surface area contributed by atoms with Gasteiger partial charge in [0.2, 0.25) is 21.8 Å². The van der Waals surface area contributed by atoms with Gasteiger partial charge in [-0.1, -0.05) is 49.7 Å². The Hall–Kier alpha value is -2.87. The zero-order chi connectivity index (χ0) is 26.9. The normalized spacial score (nSPS) is 12.2. The Morgan fingerprint density at radius 2 is 1.64 bits per heavy atom. The van der Waals surface area contributed by atoms with E-state index in [1.807, 2.05) is 71.0 Å². The van der Waals surface area contributed by atoms with Crippen LogP contribution in [0.3, 0.4) is 0 Å². The molecule has 36 heavy (non-hydrogen) atoms. The van der Waals surface area contributed by atoms with E-state index in [0.29, 0.717) is 31.6 Å². The van der Waals surface area contributed by atoms with Crippen molar-refractivity contribution in [1.29, 1.82) is 0 Å². The molecule has 1 atom stereocenters. The molecule has 0 aliphatic rings. The standard InChI is InChI=1S/C28H41N3O4S/c1-7-17-29-28(33)26(8-2)30(20-24-14-11-21(3)12-15-24)27(32)10-9-18-31(36(6,34)35)25-16-13-22(4)23(5)19-25/h11-16,19,26H,7-10,17-18,20H2,1-6H3,(H,29,33)/t26-/m0/s1. The summed E-state index contributed by atoms with van der Waals surface area (Å²) in [6.07, 6.45) is 2.97. The summed E-state index contributed by atoms with van der Waals surface area (Å²) in [5.41, 5.74) is 4.75. The fourth-order valence-corrected chi connectivity index (χ4v) is 5.02. The zero-order valence-electron chi connectivity index (χ0n) is 22.5.